The molecule has 0 amide bonds. The highest BCUT2D eigenvalue weighted by atomic mass is 16.6. The third-order valence-electron chi connectivity index (χ3n) is 3.96. The van der Waals surface area contributed by atoms with Crippen LogP contribution in [0.2, 0.25) is 0 Å². The molecular weight excluding hydrogens is 262 g/mol. The Hall–Kier alpha value is -2.00. The highest BCUT2D eigenvalue weighted by Gasteiger charge is 2.33. The molecule has 9 heteroatoms. The van der Waals surface area contributed by atoms with Crippen LogP contribution >= 0.6 is 0 Å². The summed E-state index contributed by atoms with van der Waals surface area (Å²) >= 11 is 0. The van der Waals surface area contributed by atoms with Gasteiger partial charge >= 0.3 is 5.69 Å². The van der Waals surface area contributed by atoms with Gasteiger partial charge in [0, 0.05) is 25.7 Å². The third kappa shape index (κ3) is 2.25. The summed E-state index contributed by atoms with van der Waals surface area (Å²) in [5.41, 5.74) is 2.26. The van der Waals surface area contributed by atoms with E-state index in [-0.39, 0.29) is 11.6 Å². The molecule has 2 aliphatic rings. The van der Waals surface area contributed by atoms with Gasteiger partial charge < -0.3 is 4.90 Å². The normalized spacial score (nSPS) is 22.6. The number of nitrogens with two attached hydrogens (primary N) is 1. The van der Waals surface area contributed by atoms with Gasteiger partial charge in [-0.3, -0.25) is 20.4 Å². The third-order valence-corrected chi connectivity index (χ3v) is 3.96. The number of fused-ring (bicyclic) bond motifs is 1. The molecule has 3 heterocycles. The van der Waals surface area contributed by atoms with Gasteiger partial charge in [-0.25, -0.2) is 10.8 Å². The molecule has 1 atom stereocenters. The number of hydrogen-bond donors (Lipinski definition) is 2. The minimum absolute atomic E-state index is 0.0737. The lowest BCUT2D eigenvalue weighted by Gasteiger charge is -2.37. The SMILES string of the molecule is NNc1ncc([N+](=O)[O-])c(N2CCN3CCCC3C2)n1. The molecule has 3 rings (SSSR count). The molecule has 2 aliphatic heterocycles. The molecule has 3 N–H and O–H groups in total. The Balaban J connectivity index is 1.89. The van der Waals surface area contributed by atoms with Crippen molar-refractivity contribution in [2.75, 3.05) is 36.5 Å². The van der Waals surface area contributed by atoms with Gasteiger partial charge in [-0.2, -0.15) is 4.98 Å². The number of anilines is 2. The van der Waals surface area contributed by atoms with Crippen molar-refractivity contribution in [1.82, 2.24) is 14.9 Å². The lowest BCUT2D eigenvalue weighted by Crippen LogP contribution is -2.50. The molecule has 108 valence electrons. The average Bonchev–Trinajstić information content (AvgIpc) is 2.93. The maximum atomic E-state index is 11.1. The zero-order valence-electron chi connectivity index (χ0n) is 11.0. The summed E-state index contributed by atoms with van der Waals surface area (Å²) in [4.78, 5) is 23.1. The van der Waals surface area contributed by atoms with Gasteiger partial charge in [-0.1, -0.05) is 0 Å². The number of rotatable bonds is 3. The standard InChI is InChI=1S/C11H17N7O2/c12-15-11-13-6-9(18(19)20)10(14-11)17-5-4-16-3-1-2-8(16)7-17/h6,8H,1-5,7,12H2,(H,13,14,15). The molecule has 0 aliphatic carbocycles. The van der Waals surface area contributed by atoms with Crippen molar-refractivity contribution < 1.29 is 4.92 Å². The Morgan fingerprint density at radius 2 is 2.30 bits per heavy atom. The number of hydrazine groups is 1. The predicted octanol–water partition coefficient (Wildman–Crippen LogP) is -0.0452. The number of nitrogens with zero attached hydrogens (tertiary/aromatic N) is 5. The van der Waals surface area contributed by atoms with Gasteiger partial charge in [0.15, 0.2) is 0 Å². The summed E-state index contributed by atoms with van der Waals surface area (Å²) in [5.74, 6) is 5.83. The van der Waals surface area contributed by atoms with Crippen LogP contribution in [0.15, 0.2) is 6.20 Å². The lowest BCUT2D eigenvalue weighted by atomic mass is 10.1. The van der Waals surface area contributed by atoms with Crippen molar-refractivity contribution in [3.63, 3.8) is 0 Å². The zero-order valence-corrected chi connectivity index (χ0v) is 11.0. The number of nitrogens with one attached hydrogen (secondary N) is 1. The minimum Gasteiger partial charge on any atom is -0.348 e. The maximum absolute atomic E-state index is 11.1. The smallest absolute Gasteiger partial charge is 0.329 e. The molecule has 1 unspecified atom stereocenters. The molecule has 0 aromatic carbocycles. The number of piperazine rings is 1. The lowest BCUT2D eigenvalue weighted by molar-refractivity contribution is -0.384. The van der Waals surface area contributed by atoms with Gasteiger partial charge in [0.25, 0.3) is 0 Å². The average molecular weight is 279 g/mol. The Kier molecular flexibility index (Phi) is 3.36. The molecule has 0 radical (unpaired) electrons. The summed E-state index contributed by atoms with van der Waals surface area (Å²) in [7, 11) is 0. The topological polar surface area (TPSA) is 113 Å². The second-order valence-electron chi connectivity index (χ2n) is 5.08. The quantitative estimate of drug-likeness (QED) is 0.450. The largest absolute Gasteiger partial charge is 0.348 e. The van der Waals surface area contributed by atoms with Crippen LogP contribution in [0.3, 0.4) is 0 Å². The van der Waals surface area contributed by atoms with E-state index < -0.39 is 4.92 Å². The first-order valence-corrected chi connectivity index (χ1v) is 6.66. The molecule has 1 aromatic heterocycles. The van der Waals surface area contributed by atoms with Crippen LogP contribution in [-0.2, 0) is 0 Å². The van der Waals surface area contributed by atoms with E-state index in [1.54, 1.807) is 0 Å². The van der Waals surface area contributed by atoms with E-state index in [2.05, 4.69) is 20.3 Å². The Morgan fingerprint density at radius 1 is 1.45 bits per heavy atom. The molecule has 2 saturated heterocycles. The summed E-state index contributed by atoms with van der Waals surface area (Å²) in [5, 5.41) is 11.1. The van der Waals surface area contributed by atoms with E-state index in [0.29, 0.717) is 11.9 Å². The van der Waals surface area contributed by atoms with Gasteiger partial charge in [-0.05, 0) is 19.4 Å². The van der Waals surface area contributed by atoms with Crippen LogP contribution in [-0.4, -0.2) is 52.0 Å². The van der Waals surface area contributed by atoms with Gasteiger partial charge in [0.1, 0.15) is 6.20 Å². The molecule has 1 aromatic rings. The van der Waals surface area contributed by atoms with Crippen LogP contribution < -0.4 is 16.2 Å². The van der Waals surface area contributed by atoms with Gasteiger partial charge in [-0.15, -0.1) is 0 Å². The first-order chi connectivity index (χ1) is 9.69. The van der Waals surface area contributed by atoms with Gasteiger partial charge in [0.2, 0.25) is 11.8 Å². The van der Waals surface area contributed by atoms with Crippen LogP contribution in [0.5, 0.6) is 0 Å². The van der Waals surface area contributed by atoms with E-state index in [1.165, 1.54) is 12.6 Å². The predicted molar refractivity (Wildman–Crippen MR) is 73.3 cm³/mol. The van der Waals surface area contributed by atoms with Crippen molar-refractivity contribution in [2.24, 2.45) is 5.84 Å². The van der Waals surface area contributed by atoms with Crippen molar-refractivity contribution in [3.8, 4) is 0 Å². The number of nitrogen functional groups attached to an aromatic ring is 1. The fraction of sp³-hybridized carbons (Fsp3) is 0.636. The van der Waals surface area contributed by atoms with E-state index in [1.807, 2.05) is 4.90 Å². The van der Waals surface area contributed by atoms with Crippen molar-refractivity contribution in [2.45, 2.75) is 18.9 Å². The van der Waals surface area contributed by atoms with E-state index in [0.717, 1.165) is 32.6 Å². The number of hydrogen-bond acceptors (Lipinski definition) is 8. The Morgan fingerprint density at radius 3 is 3.05 bits per heavy atom. The van der Waals surface area contributed by atoms with Crippen molar-refractivity contribution in [3.05, 3.63) is 16.3 Å². The van der Waals surface area contributed by atoms with E-state index in [9.17, 15) is 10.1 Å². The second kappa shape index (κ2) is 5.17. The number of nitro groups is 1. The molecule has 0 saturated carbocycles. The molecule has 9 nitrogen and oxygen atoms in total. The highest BCUT2D eigenvalue weighted by Crippen LogP contribution is 2.30. The van der Waals surface area contributed by atoms with Crippen LogP contribution in [0, 0.1) is 10.1 Å². The van der Waals surface area contributed by atoms with Crippen LogP contribution in [0.1, 0.15) is 12.8 Å². The maximum Gasteiger partial charge on any atom is 0.329 e. The highest BCUT2D eigenvalue weighted by molar-refractivity contribution is 5.59. The minimum atomic E-state index is -0.448. The summed E-state index contributed by atoms with van der Waals surface area (Å²) in [6.45, 7) is 3.54. The van der Waals surface area contributed by atoms with E-state index in [4.69, 9.17) is 5.84 Å². The van der Waals surface area contributed by atoms with Crippen molar-refractivity contribution in [1.29, 1.82) is 0 Å². The van der Waals surface area contributed by atoms with E-state index >= 15 is 0 Å². The van der Waals surface area contributed by atoms with Crippen LogP contribution in [0.25, 0.3) is 0 Å². The fourth-order valence-electron chi connectivity index (χ4n) is 2.98. The number of aromatic nitrogens is 2. The van der Waals surface area contributed by atoms with Crippen LogP contribution in [0.4, 0.5) is 17.5 Å². The Labute approximate surface area is 115 Å². The molecule has 20 heavy (non-hydrogen) atoms. The first-order valence-electron chi connectivity index (χ1n) is 6.66. The first kappa shape index (κ1) is 13.0. The molecule has 0 spiro atoms. The fourth-order valence-corrected chi connectivity index (χ4v) is 2.98. The molecule has 0 bridgehead atoms. The van der Waals surface area contributed by atoms with Gasteiger partial charge in [0.05, 0.1) is 4.92 Å². The van der Waals surface area contributed by atoms with Crippen molar-refractivity contribution >= 4 is 17.5 Å². The summed E-state index contributed by atoms with van der Waals surface area (Å²) in [6.07, 6.45) is 3.54. The molecular formula is C11H17N7O2. The second-order valence-corrected chi connectivity index (χ2v) is 5.08. The monoisotopic (exact) mass is 279 g/mol. The Bertz CT molecular complexity index is 523. The summed E-state index contributed by atoms with van der Waals surface area (Å²) in [6, 6.07) is 0.465. The summed E-state index contributed by atoms with van der Waals surface area (Å²) < 4.78 is 0. The zero-order chi connectivity index (χ0) is 14.1. The molecule has 2 fully saturated rings.